The fourth-order valence-corrected chi connectivity index (χ4v) is 4.20. The minimum Gasteiger partial charge on any atom is -0.326 e. The molecule has 4 nitrogen and oxygen atoms in total. The summed E-state index contributed by atoms with van der Waals surface area (Å²) >= 11 is 0. The van der Waals surface area contributed by atoms with Gasteiger partial charge in [-0.15, -0.1) is 0 Å². The lowest BCUT2D eigenvalue weighted by atomic mass is 9.97. The van der Waals surface area contributed by atoms with Crippen LogP contribution >= 0.6 is 0 Å². The van der Waals surface area contributed by atoms with Gasteiger partial charge >= 0.3 is 0 Å². The molecule has 1 aliphatic heterocycles. The summed E-state index contributed by atoms with van der Waals surface area (Å²) in [4.78, 5) is 0.135. The molecule has 0 bridgehead atoms. The zero-order valence-corrected chi connectivity index (χ0v) is 12.5. The Bertz CT molecular complexity index is 575. The van der Waals surface area contributed by atoms with Crippen LogP contribution in [-0.4, -0.2) is 25.8 Å². The summed E-state index contributed by atoms with van der Waals surface area (Å²) < 4.78 is 40.1. The highest BCUT2D eigenvalue weighted by atomic mass is 32.2. The second-order valence-electron chi connectivity index (χ2n) is 5.24. The van der Waals surface area contributed by atoms with Crippen molar-refractivity contribution < 1.29 is 12.8 Å². The third-order valence-corrected chi connectivity index (χ3v) is 5.80. The van der Waals surface area contributed by atoms with Crippen molar-refractivity contribution in [3.8, 4) is 0 Å². The average molecular weight is 300 g/mol. The number of piperidine rings is 1. The maximum absolute atomic E-state index is 13.4. The lowest BCUT2D eigenvalue weighted by Gasteiger charge is -2.31. The van der Waals surface area contributed by atoms with Crippen LogP contribution in [0.25, 0.3) is 0 Å². The Hall–Kier alpha value is -0.980. The van der Waals surface area contributed by atoms with Gasteiger partial charge in [-0.2, -0.15) is 4.31 Å². The molecule has 1 fully saturated rings. The van der Waals surface area contributed by atoms with Crippen LogP contribution < -0.4 is 5.73 Å². The van der Waals surface area contributed by atoms with E-state index in [1.165, 1.54) is 22.5 Å². The van der Waals surface area contributed by atoms with Crippen molar-refractivity contribution in [2.24, 2.45) is 11.7 Å². The molecule has 6 heteroatoms. The SMILES string of the molecule is CCC1CCCN(S(=O)(=O)c2ccc(F)c(CN)c2)C1. The zero-order chi connectivity index (χ0) is 14.8. The van der Waals surface area contributed by atoms with Gasteiger partial charge in [-0.1, -0.05) is 13.3 Å². The maximum atomic E-state index is 13.4. The number of hydrogen-bond acceptors (Lipinski definition) is 3. The Balaban J connectivity index is 2.30. The second-order valence-corrected chi connectivity index (χ2v) is 7.17. The molecule has 1 atom stereocenters. The molecule has 2 N–H and O–H groups in total. The van der Waals surface area contributed by atoms with Crippen molar-refractivity contribution in [2.75, 3.05) is 13.1 Å². The van der Waals surface area contributed by atoms with Crippen LogP contribution in [0.4, 0.5) is 4.39 Å². The largest absolute Gasteiger partial charge is 0.326 e. The molecule has 0 aromatic heterocycles. The maximum Gasteiger partial charge on any atom is 0.243 e. The number of benzene rings is 1. The first-order valence-corrected chi connectivity index (χ1v) is 8.41. The van der Waals surface area contributed by atoms with Crippen LogP contribution in [0.3, 0.4) is 0 Å². The fraction of sp³-hybridized carbons (Fsp3) is 0.571. The molecule has 0 aliphatic carbocycles. The molecule has 1 aromatic carbocycles. The van der Waals surface area contributed by atoms with Gasteiger partial charge in [-0.25, -0.2) is 12.8 Å². The Labute approximate surface area is 119 Å². The molecule has 1 aromatic rings. The highest BCUT2D eigenvalue weighted by molar-refractivity contribution is 7.89. The smallest absolute Gasteiger partial charge is 0.243 e. The van der Waals surface area contributed by atoms with E-state index < -0.39 is 15.8 Å². The molecular formula is C14H21FN2O2S. The Morgan fingerprint density at radius 3 is 2.85 bits per heavy atom. The molecule has 112 valence electrons. The summed E-state index contributed by atoms with van der Waals surface area (Å²) in [6, 6.07) is 3.84. The number of halogens is 1. The van der Waals surface area contributed by atoms with E-state index in [-0.39, 0.29) is 17.0 Å². The fourth-order valence-electron chi connectivity index (χ4n) is 2.60. The van der Waals surface area contributed by atoms with Crippen molar-refractivity contribution >= 4 is 10.0 Å². The minimum absolute atomic E-state index is 0.00716. The standard InChI is InChI=1S/C14H21FN2O2S/c1-2-11-4-3-7-17(10-11)20(18,19)13-5-6-14(15)12(8-13)9-16/h5-6,8,11H,2-4,7,9-10,16H2,1H3. The minimum atomic E-state index is -3.54. The van der Waals surface area contributed by atoms with E-state index in [0.717, 1.165) is 19.3 Å². The number of nitrogens with two attached hydrogens (primary N) is 1. The van der Waals surface area contributed by atoms with Crippen LogP contribution in [0.2, 0.25) is 0 Å². The van der Waals surface area contributed by atoms with Gasteiger partial charge in [-0.3, -0.25) is 0 Å². The van der Waals surface area contributed by atoms with Gasteiger partial charge in [0.25, 0.3) is 0 Å². The number of sulfonamides is 1. The molecule has 20 heavy (non-hydrogen) atoms. The van der Waals surface area contributed by atoms with Crippen LogP contribution in [0.5, 0.6) is 0 Å². The van der Waals surface area contributed by atoms with Crippen LogP contribution in [0.1, 0.15) is 31.7 Å². The average Bonchev–Trinajstić information content (AvgIpc) is 2.47. The van der Waals surface area contributed by atoms with Gasteiger partial charge < -0.3 is 5.73 Å². The first kappa shape index (κ1) is 15.4. The summed E-state index contributed by atoms with van der Waals surface area (Å²) in [5, 5.41) is 0. The van der Waals surface area contributed by atoms with Crippen molar-refractivity contribution in [3.05, 3.63) is 29.6 Å². The predicted octanol–water partition coefficient (Wildman–Crippen LogP) is 2.10. The van der Waals surface area contributed by atoms with Crippen LogP contribution in [-0.2, 0) is 16.6 Å². The zero-order valence-electron chi connectivity index (χ0n) is 11.7. The Kier molecular flexibility index (Phi) is 4.78. The second kappa shape index (κ2) is 6.20. The molecule has 0 radical (unpaired) electrons. The van der Waals surface area contributed by atoms with E-state index in [1.807, 2.05) is 0 Å². The highest BCUT2D eigenvalue weighted by Crippen LogP contribution is 2.26. The van der Waals surface area contributed by atoms with E-state index in [9.17, 15) is 12.8 Å². The van der Waals surface area contributed by atoms with Gasteiger partial charge in [0.2, 0.25) is 10.0 Å². The van der Waals surface area contributed by atoms with Gasteiger partial charge in [-0.05, 0) is 37.0 Å². The van der Waals surface area contributed by atoms with Crippen molar-refractivity contribution in [1.82, 2.24) is 4.31 Å². The molecule has 1 heterocycles. The van der Waals surface area contributed by atoms with E-state index in [4.69, 9.17) is 5.73 Å². The summed E-state index contributed by atoms with van der Waals surface area (Å²) in [6.07, 6.45) is 2.92. The Morgan fingerprint density at radius 1 is 1.45 bits per heavy atom. The van der Waals surface area contributed by atoms with Crippen LogP contribution in [0, 0.1) is 11.7 Å². The lowest BCUT2D eigenvalue weighted by molar-refractivity contribution is 0.261. The summed E-state index contributed by atoms with van der Waals surface area (Å²) in [5.41, 5.74) is 5.67. The van der Waals surface area contributed by atoms with Gasteiger partial charge in [0.15, 0.2) is 0 Å². The quantitative estimate of drug-likeness (QED) is 0.926. The number of rotatable bonds is 4. The van der Waals surface area contributed by atoms with E-state index in [1.54, 1.807) is 0 Å². The molecule has 0 amide bonds. The lowest BCUT2D eigenvalue weighted by Crippen LogP contribution is -2.39. The highest BCUT2D eigenvalue weighted by Gasteiger charge is 2.29. The van der Waals surface area contributed by atoms with Crippen molar-refractivity contribution in [1.29, 1.82) is 0 Å². The molecule has 1 aliphatic rings. The number of hydrogen-bond donors (Lipinski definition) is 1. The predicted molar refractivity (Wildman–Crippen MR) is 76.1 cm³/mol. The molecule has 0 spiro atoms. The first-order chi connectivity index (χ1) is 9.48. The number of nitrogens with zero attached hydrogens (tertiary/aromatic N) is 1. The summed E-state index contributed by atoms with van der Waals surface area (Å²) in [7, 11) is -3.54. The van der Waals surface area contributed by atoms with Crippen molar-refractivity contribution in [3.63, 3.8) is 0 Å². The van der Waals surface area contributed by atoms with Gasteiger partial charge in [0.05, 0.1) is 4.90 Å². The summed E-state index contributed by atoms with van der Waals surface area (Å²) in [6.45, 7) is 3.15. The van der Waals surface area contributed by atoms with E-state index >= 15 is 0 Å². The molecule has 1 unspecified atom stereocenters. The first-order valence-electron chi connectivity index (χ1n) is 6.97. The van der Waals surface area contributed by atoms with Gasteiger partial charge in [0.1, 0.15) is 5.82 Å². The molecule has 0 saturated carbocycles. The van der Waals surface area contributed by atoms with Gasteiger partial charge in [0, 0.05) is 25.2 Å². The topological polar surface area (TPSA) is 63.4 Å². The van der Waals surface area contributed by atoms with Crippen LogP contribution in [0.15, 0.2) is 23.1 Å². The van der Waals surface area contributed by atoms with E-state index in [2.05, 4.69) is 6.92 Å². The Morgan fingerprint density at radius 2 is 2.20 bits per heavy atom. The third-order valence-electron chi connectivity index (χ3n) is 3.93. The molecule has 1 saturated heterocycles. The molecule has 2 rings (SSSR count). The normalized spacial score (nSPS) is 21.1. The van der Waals surface area contributed by atoms with Crippen molar-refractivity contribution in [2.45, 2.75) is 37.6 Å². The summed E-state index contributed by atoms with van der Waals surface area (Å²) in [5.74, 6) is -0.0514. The molecular weight excluding hydrogens is 279 g/mol. The van der Waals surface area contributed by atoms with E-state index in [0.29, 0.717) is 19.0 Å². The monoisotopic (exact) mass is 300 g/mol. The third kappa shape index (κ3) is 3.02.